The van der Waals surface area contributed by atoms with Gasteiger partial charge < -0.3 is 10.2 Å². The highest BCUT2D eigenvalue weighted by Crippen LogP contribution is 2.14. The van der Waals surface area contributed by atoms with E-state index in [0.717, 1.165) is 11.5 Å². The molecule has 2 aromatic rings. The maximum atomic E-state index is 12.2. The fourth-order valence-corrected chi connectivity index (χ4v) is 1.55. The number of hydrogen-bond donors (Lipinski definition) is 1. The van der Waals surface area contributed by atoms with Crippen LogP contribution in [0.1, 0.15) is 10.4 Å². The number of carbonyl (C=O) groups is 1. The van der Waals surface area contributed by atoms with Crippen molar-refractivity contribution in [2.24, 2.45) is 0 Å². The first-order chi connectivity index (χ1) is 8.72. The summed E-state index contributed by atoms with van der Waals surface area (Å²) in [5.41, 5.74) is 1.35. The largest absolute Gasteiger partial charge is 0.373 e. The second-order valence-electron chi connectivity index (χ2n) is 3.75. The van der Waals surface area contributed by atoms with Crippen LogP contribution >= 0.6 is 0 Å². The number of hydrogen-bond acceptors (Lipinski definition) is 4. The van der Waals surface area contributed by atoms with Gasteiger partial charge in [-0.1, -0.05) is 0 Å². The molecule has 0 aromatic carbocycles. The first-order valence-corrected chi connectivity index (χ1v) is 5.54. The summed E-state index contributed by atoms with van der Waals surface area (Å²) in [6, 6.07) is 7.09. The molecule has 0 bridgehead atoms. The average molecular weight is 242 g/mol. The average Bonchev–Trinajstić information content (AvgIpc) is 2.47. The topological polar surface area (TPSA) is 58.1 Å². The Bertz CT molecular complexity index is 524. The lowest BCUT2D eigenvalue weighted by molar-refractivity contribution is 0.0992. The fourth-order valence-electron chi connectivity index (χ4n) is 1.55. The van der Waals surface area contributed by atoms with Gasteiger partial charge in [0.15, 0.2) is 0 Å². The minimum atomic E-state index is -0.101. The van der Waals surface area contributed by atoms with Gasteiger partial charge in [0.05, 0.1) is 5.56 Å². The smallest absolute Gasteiger partial charge is 0.259 e. The van der Waals surface area contributed by atoms with Crippen molar-refractivity contribution in [3.05, 3.63) is 48.4 Å². The molecular weight excluding hydrogens is 228 g/mol. The summed E-state index contributed by atoms with van der Waals surface area (Å²) < 4.78 is 0. The molecule has 0 radical (unpaired) electrons. The summed E-state index contributed by atoms with van der Waals surface area (Å²) in [5.74, 6) is 0.634. The molecule has 0 aliphatic heterocycles. The predicted molar refractivity (Wildman–Crippen MR) is 70.8 cm³/mol. The summed E-state index contributed by atoms with van der Waals surface area (Å²) >= 11 is 0. The van der Waals surface area contributed by atoms with Crippen LogP contribution in [0.5, 0.6) is 0 Å². The highest BCUT2D eigenvalue weighted by Gasteiger charge is 2.13. The summed E-state index contributed by atoms with van der Waals surface area (Å²) in [4.78, 5) is 21.8. The van der Waals surface area contributed by atoms with Gasteiger partial charge in [-0.05, 0) is 24.3 Å². The maximum absolute atomic E-state index is 12.2. The van der Waals surface area contributed by atoms with Crippen LogP contribution < -0.4 is 10.2 Å². The third kappa shape index (κ3) is 2.45. The van der Waals surface area contributed by atoms with Gasteiger partial charge in [-0.3, -0.25) is 9.78 Å². The highest BCUT2D eigenvalue weighted by atomic mass is 16.2. The maximum Gasteiger partial charge on any atom is 0.259 e. The normalized spacial score (nSPS) is 9.89. The molecule has 1 N–H and O–H groups in total. The molecule has 92 valence electrons. The molecule has 1 amide bonds. The number of aromatic nitrogens is 2. The first-order valence-electron chi connectivity index (χ1n) is 5.54. The van der Waals surface area contributed by atoms with Crippen LogP contribution in [-0.2, 0) is 0 Å². The van der Waals surface area contributed by atoms with Crippen LogP contribution in [0.25, 0.3) is 0 Å². The van der Waals surface area contributed by atoms with E-state index in [1.54, 1.807) is 61.9 Å². The van der Waals surface area contributed by atoms with Crippen LogP contribution in [0.3, 0.4) is 0 Å². The SMILES string of the molecule is CNc1ccc(C(=O)N(C)c2ccncc2)cn1. The van der Waals surface area contributed by atoms with E-state index in [1.807, 2.05) is 0 Å². The summed E-state index contributed by atoms with van der Waals surface area (Å²) in [7, 11) is 3.51. The zero-order valence-electron chi connectivity index (χ0n) is 10.3. The van der Waals surface area contributed by atoms with E-state index < -0.39 is 0 Å². The van der Waals surface area contributed by atoms with E-state index in [2.05, 4.69) is 15.3 Å². The number of nitrogens with one attached hydrogen (secondary N) is 1. The quantitative estimate of drug-likeness (QED) is 0.891. The molecule has 2 heterocycles. The molecule has 0 saturated heterocycles. The number of pyridine rings is 2. The van der Waals surface area contributed by atoms with Crippen molar-refractivity contribution < 1.29 is 4.79 Å². The Labute approximate surface area is 105 Å². The van der Waals surface area contributed by atoms with Crippen LogP contribution in [0, 0.1) is 0 Å². The predicted octanol–water partition coefficient (Wildman–Crippen LogP) is 1.79. The van der Waals surface area contributed by atoms with E-state index in [4.69, 9.17) is 0 Å². The molecule has 0 spiro atoms. The van der Waals surface area contributed by atoms with Gasteiger partial charge >= 0.3 is 0 Å². The Morgan fingerprint density at radius 1 is 1.22 bits per heavy atom. The summed E-state index contributed by atoms with van der Waals surface area (Å²) in [5, 5.41) is 2.91. The lowest BCUT2D eigenvalue weighted by Crippen LogP contribution is -2.26. The minimum absolute atomic E-state index is 0.101. The van der Waals surface area contributed by atoms with Crippen molar-refractivity contribution in [3.63, 3.8) is 0 Å². The number of carbonyl (C=O) groups excluding carboxylic acids is 1. The van der Waals surface area contributed by atoms with E-state index in [9.17, 15) is 4.79 Å². The van der Waals surface area contributed by atoms with Crippen LogP contribution in [0.2, 0.25) is 0 Å². The molecule has 0 aliphatic carbocycles. The van der Waals surface area contributed by atoms with Crippen LogP contribution in [0.15, 0.2) is 42.9 Å². The highest BCUT2D eigenvalue weighted by molar-refractivity contribution is 6.05. The zero-order chi connectivity index (χ0) is 13.0. The number of amides is 1. The molecule has 5 heteroatoms. The van der Waals surface area contributed by atoms with Gasteiger partial charge in [-0.2, -0.15) is 0 Å². The van der Waals surface area contributed by atoms with Crippen molar-refractivity contribution in [2.75, 3.05) is 24.3 Å². The van der Waals surface area contributed by atoms with Crippen molar-refractivity contribution in [2.45, 2.75) is 0 Å². The van der Waals surface area contributed by atoms with E-state index in [0.29, 0.717) is 5.56 Å². The molecule has 2 rings (SSSR count). The molecule has 18 heavy (non-hydrogen) atoms. The lowest BCUT2D eigenvalue weighted by atomic mass is 10.2. The Balaban J connectivity index is 2.20. The van der Waals surface area contributed by atoms with Gasteiger partial charge in [0.25, 0.3) is 5.91 Å². The van der Waals surface area contributed by atoms with Gasteiger partial charge in [0.1, 0.15) is 5.82 Å². The first kappa shape index (κ1) is 12.0. The van der Waals surface area contributed by atoms with Gasteiger partial charge in [0.2, 0.25) is 0 Å². The zero-order valence-corrected chi connectivity index (χ0v) is 10.3. The molecule has 5 nitrogen and oxygen atoms in total. The number of rotatable bonds is 3. The Kier molecular flexibility index (Phi) is 3.52. The van der Waals surface area contributed by atoms with Crippen molar-refractivity contribution in [3.8, 4) is 0 Å². The van der Waals surface area contributed by atoms with Gasteiger partial charge in [-0.25, -0.2) is 4.98 Å². The minimum Gasteiger partial charge on any atom is -0.373 e. The Hall–Kier alpha value is -2.43. The van der Waals surface area contributed by atoms with Crippen molar-refractivity contribution in [1.29, 1.82) is 0 Å². The standard InChI is InChI=1S/C13H14N4O/c1-14-12-4-3-10(9-16-12)13(18)17(2)11-5-7-15-8-6-11/h3-9H,1-2H3,(H,14,16). The van der Waals surface area contributed by atoms with E-state index >= 15 is 0 Å². The molecular formula is C13H14N4O. The molecule has 0 unspecified atom stereocenters. The van der Waals surface area contributed by atoms with Crippen LogP contribution in [-0.4, -0.2) is 30.0 Å². The van der Waals surface area contributed by atoms with Crippen molar-refractivity contribution in [1.82, 2.24) is 9.97 Å². The lowest BCUT2D eigenvalue weighted by Gasteiger charge is -2.16. The summed E-state index contributed by atoms with van der Waals surface area (Å²) in [6.07, 6.45) is 4.87. The Morgan fingerprint density at radius 3 is 2.50 bits per heavy atom. The molecule has 0 fully saturated rings. The third-order valence-electron chi connectivity index (χ3n) is 2.62. The third-order valence-corrected chi connectivity index (χ3v) is 2.62. The monoisotopic (exact) mass is 242 g/mol. The van der Waals surface area contributed by atoms with Gasteiger partial charge in [-0.15, -0.1) is 0 Å². The van der Waals surface area contributed by atoms with E-state index in [-0.39, 0.29) is 5.91 Å². The number of anilines is 2. The molecule has 2 aromatic heterocycles. The van der Waals surface area contributed by atoms with Crippen molar-refractivity contribution >= 4 is 17.4 Å². The molecule has 0 aliphatic rings. The van der Waals surface area contributed by atoms with E-state index in [1.165, 1.54) is 0 Å². The number of nitrogens with zero attached hydrogens (tertiary/aromatic N) is 3. The molecule has 0 saturated carbocycles. The molecule has 0 atom stereocenters. The van der Waals surface area contributed by atoms with Gasteiger partial charge in [0, 0.05) is 38.4 Å². The fraction of sp³-hybridized carbons (Fsp3) is 0.154. The second-order valence-corrected chi connectivity index (χ2v) is 3.75. The second kappa shape index (κ2) is 5.27. The Morgan fingerprint density at radius 2 is 1.94 bits per heavy atom. The summed E-state index contributed by atoms with van der Waals surface area (Å²) in [6.45, 7) is 0. The van der Waals surface area contributed by atoms with Crippen LogP contribution in [0.4, 0.5) is 11.5 Å².